The number of ether oxygens (including phenoxy) is 1. The number of methoxy groups -OCH3 is 1. The van der Waals surface area contributed by atoms with Crippen LogP contribution >= 0.6 is 11.6 Å². The number of halogens is 1. The quantitative estimate of drug-likeness (QED) is 0.410. The van der Waals surface area contributed by atoms with Gasteiger partial charge in [-0.05, 0) is 55.3 Å². The molecule has 0 aliphatic heterocycles. The summed E-state index contributed by atoms with van der Waals surface area (Å²) >= 11 is 5.92. The Morgan fingerprint density at radius 1 is 1.15 bits per heavy atom. The van der Waals surface area contributed by atoms with E-state index in [1.165, 1.54) is 13.2 Å². The second kappa shape index (κ2) is 10.5. The second-order valence-electron chi connectivity index (χ2n) is 5.79. The van der Waals surface area contributed by atoms with Crippen LogP contribution in [-0.4, -0.2) is 30.1 Å². The van der Waals surface area contributed by atoms with Crippen molar-refractivity contribution in [1.29, 1.82) is 0 Å². The number of esters is 1. The summed E-state index contributed by atoms with van der Waals surface area (Å²) in [7, 11) is 1.39. The van der Waals surface area contributed by atoms with Crippen molar-refractivity contribution in [3.63, 3.8) is 0 Å². The zero-order valence-electron chi connectivity index (χ0n) is 14.8. The largest absolute Gasteiger partial charge is 0.469 e. The number of carbonyl (C=O) groups is 2. The van der Waals surface area contributed by atoms with E-state index in [1.807, 2.05) is 47.2 Å². The SMILES string of the molecule is COC(=O)CCCCCNC(=O)C=Cc1cccn1-c1ccc(Cl)cc1. The van der Waals surface area contributed by atoms with Gasteiger partial charge in [0.25, 0.3) is 0 Å². The number of amides is 1. The van der Waals surface area contributed by atoms with Gasteiger partial charge in [-0.1, -0.05) is 18.0 Å². The van der Waals surface area contributed by atoms with Crippen LogP contribution in [0, 0.1) is 0 Å². The highest BCUT2D eigenvalue weighted by Crippen LogP contribution is 2.17. The second-order valence-corrected chi connectivity index (χ2v) is 6.23. The minimum atomic E-state index is -0.194. The maximum absolute atomic E-state index is 11.9. The van der Waals surface area contributed by atoms with Crippen LogP contribution in [0.25, 0.3) is 11.8 Å². The van der Waals surface area contributed by atoms with Crippen LogP contribution in [0.5, 0.6) is 0 Å². The number of unbranched alkanes of at least 4 members (excludes halogenated alkanes) is 2. The van der Waals surface area contributed by atoms with Crippen molar-refractivity contribution in [2.45, 2.75) is 25.7 Å². The van der Waals surface area contributed by atoms with E-state index in [1.54, 1.807) is 6.08 Å². The van der Waals surface area contributed by atoms with Gasteiger partial charge in [-0.2, -0.15) is 0 Å². The van der Waals surface area contributed by atoms with E-state index in [0.717, 1.165) is 30.6 Å². The normalized spacial score (nSPS) is 10.8. The molecule has 1 heterocycles. The fourth-order valence-corrected chi connectivity index (χ4v) is 2.60. The molecule has 2 aromatic rings. The molecule has 1 amide bonds. The molecule has 138 valence electrons. The average Bonchev–Trinajstić information content (AvgIpc) is 3.11. The van der Waals surface area contributed by atoms with Crippen LogP contribution in [-0.2, 0) is 14.3 Å². The van der Waals surface area contributed by atoms with Crippen LogP contribution < -0.4 is 5.32 Å². The third-order valence-electron chi connectivity index (χ3n) is 3.88. The molecule has 26 heavy (non-hydrogen) atoms. The van der Waals surface area contributed by atoms with E-state index in [9.17, 15) is 9.59 Å². The van der Waals surface area contributed by atoms with E-state index in [4.69, 9.17) is 11.6 Å². The molecule has 0 saturated heterocycles. The van der Waals surface area contributed by atoms with Gasteiger partial charge in [0.15, 0.2) is 0 Å². The maximum Gasteiger partial charge on any atom is 0.305 e. The van der Waals surface area contributed by atoms with Crippen LogP contribution in [0.4, 0.5) is 0 Å². The molecular formula is C20H23ClN2O3. The number of rotatable bonds is 9. The van der Waals surface area contributed by atoms with Gasteiger partial charge in [-0.15, -0.1) is 0 Å². The zero-order chi connectivity index (χ0) is 18.8. The predicted molar refractivity (Wildman–Crippen MR) is 103 cm³/mol. The fraction of sp³-hybridized carbons (Fsp3) is 0.300. The number of benzene rings is 1. The molecule has 6 heteroatoms. The van der Waals surface area contributed by atoms with Crippen molar-refractivity contribution in [1.82, 2.24) is 9.88 Å². The van der Waals surface area contributed by atoms with E-state index < -0.39 is 0 Å². The van der Waals surface area contributed by atoms with Crippen molar-refractivity contribution < 1.29 is 14.3 Å². The molecule has 0 fully saturated rings. The summed E-state index contributed by atoms with van der Waals surface area (Å²) in [6.45, 7) is 0.586. The van der Waals surface area contributed by atoms with Gasteiger partial charge < -0.3 is 14.6 Å². The smallest absolute Gasteiger partial charge is 0.305 e. The monoisotopic (exact) mass is 374 g/mol. The van der Waals surface area contributed by atoms with Gasteiger partial charge >= 0.3 is 5.97 Å². The van der Waals surface area contributed by atoms with Crippen molar-refractivity contribution in [2.24, 2.45) is 0 Å². The molecule has 0 atom stereocenters. The van der Waals surface area contributed by atoms with E-state index in [-0.39, 0.29) is 11.9 Å². The molecule has 5 nitrogen and oxygen atoms in total. The summed E-state index contributed by atoms with van der Waals surface area (Å²) in [5.74, 6) is -0.331. The minimum Gasteiger partial charge on any atom is -0.469 e. The van der Waals surface area contributed by atoms with Crippen molar-refractivity contribution in [2.75, 3.05) is 13.7 Å². The first-order chi connectivity index (χ1) is 12.6. The Bertz CT molecular complexity index is 751. The van der Waals surface area contributed by atoms with Crippen LogP contribution in [0.2, 0.25) is 5.02 Å². The summed E-state index contributed by atoms with van der Waals surface area (Å²) in [5.41, 5.74) is 1.88. The van der Waals surface area contributed by atoms with Crippen LogP contribution in [0.15, 0.2) is 48.7 Å². The molecule has 2 rings (SSSR count). The highest BCUT2D eigenvalue weighted by Gasteiger charge is 2.02. The van der Waals surface area contributed by atoms with E-state index in [2.05, 4.69) is 10.1 Å². The van der Waals surface area contributed by atoms with Crippen LogP contribution in [0.3, 0.4) is 0 Å². The molecule has 1 aromatic heterocycles. The molecule has 0 aliphatic rings. The number of nitrogens with zero attached hydrogens (tertiary/aromatic N) is 1. The fourth-order valence-electron chi connectivity index (χ4n) is 2.47. The Hall–Kier alpha value is -2.53. The minimum absolute atomic E-state index is 0.137. The topological polar surface area (TPSA) is 60.3 Å². The third-order valence-corrected chi connectivity index (χ3v) is 4.13. The zero-order valence-corrected chi connectivity index (χ0v) is 15.5. The van der Waals surface area contributed by atoms with Crippen molar-refractivity contribution in [3.8, 4) is 5.69 Å². The van der Waals surface area contributed by atoms with Gasteiger partial charge in [0.1, 0.15) is 0 Å². The Labute approximate surface area is 158 Å². The molecule has 0 unspecified atom stereocenters. The lowest BCUT2D eigenvalue weighted by Gasteiger charge is -2.06. The standard InChI is InChI=1S/C20H23ClN2O3/c1-26-20(25)7-3-2-4-14-22-19(24)13-12-17-6-5-15-23(17)18-10-8-16(21)9-11-18/h5-6,8-13,15H,2-4,7,14H2,1H3,(H,22,24). The van der Waals surface area contributed by atoms with Crippen LogP contribution in [0.1, 0.15) is 31.4 Å². The predicted octanol–water partition coefficient (Wildman–Crippen LogP) is 3.99. The lowest BCUT2D eigenvalue weighted by molar-refractivity contribution is -0.140. The van der Waals surface area contributed by atoms with Crippen molar-refractivity contribution in [3.05, 3.63) is 59.4 Å². The summed E-state index contributed by atoms with van der Waals surface area (Å²) in [5, 5.41) is 3.53. The first kappa shape index (κ1) is 19.8. The number of carbonyl (C=O) groups excluding carboxylic acids is 2. The Kier molecular flexibility index (Phi) is 7.96. The van der Waals surface area contributed by atoms with Gasteiger partial charge in [0, 0.05) is 41.6 Å². The molecule has 0 saturated carbocycles. The average molecular weight is 375 g/mol. The molecular weight excluding hydrogens is 352 g/mol. The summed E-state index contributed by atoms with van der Waals surface area (Å²) in [6, 6.07) is 11.4. The van der Waals surface area contributed by atoms with E-state index in [0.29, 0.717) is 18.0 Å². The Morgan fingerprint density at radius 3 is 2.65 bits per heavy atom. The first-order valence-corrected chi connectivity index (χ1v) is 8.94. The lowest BCUT2D eigenvalue weighted by Crippen LogP contribution is -2.22. The lowest BCUT2D eigenvalue weighted by atomic mass is 10.2. The molecule has 1 N–H and O–H groups in total. The number of nitrogens with one attached hydrogen (secondary N) is 1. The van der Waals surface area contributed by atoms with Gasteiger partial charge in [0.05, 0.1) is 7.11 Å². The first-order valence-electron chi connectivity index (χ1n) is 8.56. The third kappa shape index (κ3) is 6.41. The maximum atomic E-state index is 11.9. The molecule has 0 bridgehead atoms. The van der Waals surface area contributed by atoms with Gasteiger partial charge in [-0.25, -0.2) is 0 Å². The Morgan fingerprint density at radius 2 is 1.92 bits per heavy atom. The number of hydrogen-bond acceptors (Lipinski definition) is 3. The summed E-state index contributed by atoms with van der Waals surface area (Å²) in [6.07, 6.45) is 8.13. The number of aromatic nitrogens is 1. The van der Waals surface area contributed by atoms with E-state index >= 15 is 0 Å². The highest BCUT2D eigenvalue weighted by atomic mass is 35.5. The molecule has 0 aliphatic carbocycles. The Balaban J connectivity index is 1.77. The van der Waals surface area contributed by atoms with Crippen molar-refractivity contribution >= 4 is 29.6 Å². The summed E-state index contributed by atoms with van der Waals surface area (Å²) in [4.78, 5) is 22.9. The van der Waals surface area contributed by atoms with Gasteiger partial charge in [-0.3, -0.25) is 9.59 Å². The molecule has 0 spiro atoms. The van der Waals surface area contributed by atoms with Gasteiger partial charge in [0.2, 0.25) is 5.91 Å². The highest BCUT2D eigenvalue weighted by molar-refractivity contribution is 6.30. The summed E-state index contributed by atoms with van der Waals surface area (Å²) < 4.78 is 6.56. The number of hydrogen-bond donors (Lipinski definition) is 1. The molecule has 0 radical (unpaired) electrons. The molecule has 1 aromatic carbocycles.